The highest BCUT2D eigenvalue weighted by atomic mass is 32.1. The van der Waals surface area contributed by atoms with Gasteiger partial charge in [0.25, 0.3) is 5.91 Å². The quantitative estimate of drug-likeness (QED) is 0.511. The molecule has 2 aromatic heterocycles. The molecule has 1 N–H and O–H groups in total. The highest BCUT2D eigenvalue weighted by molar-refractivity contribution is 7.21. The first-order valence-corrected chi connectivity index (χ1v) is 9.74. The number of aryl methyl sites for hydroxylation is 1. The lowest BCUT2D eigenvalue weighted by atomic mass is 10.1. The minimum atomic E-state index is -0.374. The van der Waals surface area contributed by atoms with Crippen LogP contribution < -0.4 is 10.1 Å². The molecule has 4 aromatic rings. The molecule has 2 heterocycles. The van der Waals surface area contributed by atoms with Gasteiger partial charge in [0.1, 0.15) is 28.1 Å². The van der Waals surface area contributed by atoms with Crippen molar-refractivity contribution >= 4 is 43.8 Å². The molecule has 0 bridgehead atoms. The van der Waals surface area contributed by atoms with Gasteiger partial charge in [-0.25, -0.2) is 4.39 Å². The molecule has 0 unspecified atom stereocenters. The van der Waals surface area contributed by atoms with Crippen LogP contribution >= 0.6 is 22.7 Å². The monoisotopic (exact) mass is 399 g/mol. The van der Waals surface area contributed by atoms with Crippen molar-refractivity contribution < 1.29 is 13.9 Å². The first-order valence-electron chi connectivity index (χ1n) is 8.11. The molecule has 0 aliphatic heterocycles. The number of ether oxygens (including phenoxy) is 1. The van der Waals surface area contributed by atoms with E-state index in [4.69, 9.17) is 4.74 Å². The topological polar surface area (TPSA) is 64.1 Å². The number of hydrogen-bond acceptors (Lipinski definition) is 6. The van der Waals surface area contributed by atoms with E-state index >= 15 is 0 Å². The van der Waals surface area contributed by atoms with E-state index in [0.717, 1.165) is 5.01 Å². The van der Waals surface area contributed by atoms with Gasteiger partial charge in [-0.15, -0.1) is 21.5 Å². The molecule has 0 saturated heterocycles. The maximum Gasteiger partial charge on any atom is 0.268 e. The van der Waals surface area contributed by atoms with Gasteiger partial charge in [0.05, 0.1) is 0 Å². The SMILES string of the molecule is Cc1nnc(NC(=O)c2sc3cccc(F)c3c2COc2ccccc2)s1. The van der Waals surface area contributed by atoms with Gasteiger partial charge in [0.15, 0.2) is 0 Å². The molecule has 0 atom stereocenters. The molecule has 136 valence electrons. The summed E-state index contributed by atoms with van der Waals surface area (Å²) in [5, 5.41) is 12.1. The Labute approximate surface area is 162 Å². The average Bonchev–Trinajstić information content (AvgIpc) is 3.25. The van der Waals surface area contributed by atoms with Crippen molar-refractivity contribution in [3.8, 4) is 5.75 Å². The first-order chi connectivity index (χ1) is 13.1. The number of hydrogen-bond donors (Lipinski definition) is 1. The molecule has 4 rings (SSSR count). The summed E-state index contributed by atoms with van der Waals surface area (Å²) in [5.74, 6) is -0.0704. The second-order valence-electron chi connectivity index (χ2n) is 5.70. The average molecular weight is 399 g/mol. The molecule has 0 spiro atoms. The summed E-state index contributed by atoms with van der Waals surface area (Å²) in [7, 11) is 0. The summed E-state index contributed by atoms with van der Waals surface area (Å²) in [4.78, 5) is 13.2. The molecule has 5 nitrogen and oxygen atoms in total. The number of fused-ring (bicyclic) bond motifs is 1. The predicted molar refractivity (Wildman–Crippen MR) is 105 cm³/mol. The number of anilines is 1. The van der Waals surface area contributed by atoms with Gasteiger partial charge in [-0.3, -0.25) is 10.1 Å². The molecule has 1 amide bonds. The lowest BCUT2D eigenvalue weighted by molar-refractivity contribution is 0.102. The normalized spacial score (nSPS) is 10.9. The van der Waals surface area contributed by atoms with E-state index in [1.807, 2.05) is 30.3 Å². The van der Waals surface area contributed by atoms with E-state index in [0.29, 0.717) is 31.4 Å². The van der Waals surface area contributed by atoms with Crippen LogP contribution in [0.3, 0.4) is 0 Å². The highest BCUT2D eigenvalue weighted by Gasteiger charge is 2.22. The molecule has 0 aliphatic rings. The van der Waals surface area contributed by atoms with Crippen LogP contribution in [0.2, 0.25) is 0 Å². The Morgan fingerprint density at radius 2 is 1.93 bits per heavy atom. The number of nitrogens with one attached hydrogen (secondary N) is 1. The number of carbonyl (C=O) groups is 1. The third kappa shape index (κ3) is 3.67. The smallest absolute Gasteiger partial charge is 0.268 e. The van der Waals surface area contributed by atoms with Gasteiger partial charge >= 0.3 is 0 Å². The molecule has 8 heteroatoms. The lowest BCUT2D eigenvalue weighted by Crippen LogP contribution is -2.13. The number of rotatable bonds is 5. The fourth-order valence-electron chi connectivity index (χ4n) is 2.66. The molecular formula is C19H14FN3O2S2. The molecule has 0 fully saturated rings. The van der Waals surface area contributed by atoms with Crippen molar-refractivity contribution in [2.45, 2.75) is 13.5 Å². The van der Waals surface area contributed by atoms with Gasteiger partial charge in [0, 0.05) is 15.6 Å². The van der Waals surface area contributed by atoms with Crippen molar-refractivity contribution in [3.63, 3.8) is 0 Å². The fraction of sp³-hybridized carbons (Fsp3) is 0.105. The minimum Gasteiger partial charge on any atom is -0.489 e. The number of para-hydroxylation sites is 1. The number of benzene rings is 2. The van der Waals surface area contributed by atoms with Crippen LogP contribution in [0.25, 0.3) is 10.1 Å². The van der Waals surface area contributed by atoms with E-state index in [2.05, 4.69) is 15.5 Å². The Bertz CT molecular complexity index is 1110. The predicted octanol–water partition coefficient (Wildman–Crippen LogP) is 5.03. The summed E-state index contributed by atoms with van der Waals surface area (Å²) in [6.45, 7) is 1.89. The van der Waals surface area contributed by atoms with Crippen LogP contribution in [0, 0.1) is 12.7 Å². The zero-order valence-electron chi connectivity index (χ0n) is 14.2. The minimum absolute atomic E-state index is 0.0862. The Balaban J connectivity index is 1.70. The van der Waals surface area contributed by atoms with Crippen molar-refractivity contribution in [3.05, 3.63) is 69.8 Å². The third-order valence-corrected chi connectivity index (χ3v) is 5.79. The Morgan fingerprint density at radius 3 is 2.67 bits per heavy atom. The van der Waals surface area contributed by atoms with Crippen LogP contribution in [-0.4, -0.2) is 16.1 Å². The standard InChI is InChI=1S/C19H14FN3O2S2/c1-11-22-23-19(26-11)21-18(24)17-13(10-25-12-6-3-2-4-7-12)16-14(20)8-5-9-15(16)27-17/h2-9H,10H2,1H3,(H,21,23,24). The molecule has 27 heavy (non-hydrogen) atoms. The third-order valence-electron chi connectivity index (χ3n) is 3.84. The second-order valence-corrected chi connectivity index (χ2v) is 7.94. The van der Waals surface area contributed by atoms with E-state index in [9.17, 15) is 9.18 Å². The molecule has 0 saturated carbocycles. The zero-order valence-corrected chi connectivity index (χ0v) is 15.9. The van der Waals surface area contributed by atoms with Gasteiger partial charge in [0.2, 0.25) is 5.13 Å². The van der Waals surface area contributed by atoms with Crippen molar-refractivity contribution in [1.29, 1.82) is 0 Å². The second kappa shape index (κ2) is 7.42. The zero-order chi connectivity index (χ0) is 18.8. The largest absolute Gasteiger partial charge is 0.489 e. The van der Waals surface area contributed by atoms with Gasteiger partial charge in [-0.2, -0.15) is 0 Å². The summed E-state index contributed by atoms with van der Waals surface area (Å²) in [5.41, 5.74) is 0.524. The number of amides is 1. The van der Waals surface area contributed by atoms with Gasteiger partial charge < -0.3 is 4.74 Å². The Hall–Kier alpha value is -2.84. The molecule has 0 radical (unpaired) electrons. The van der Waals surface area contributed by atoms with Crippen LogP contribution in [0.4, 0.5) is 9.52 Å². The van der Waals surface area contributed by atoms with E-state index in [1.54, 1.807) is 19.1 Å². The van der Waals surface area contributed by atoms with Crippen molar-refractivity contribution in [2.75, 3.05) is 5.32 Å². The summed E-state index contributed by atoms with van der Waals surface area (Å²) in [6.07, 6.45) is 0. The summed E-state index contributed by atoms with van der Waals surface area (Å²) < 4.78 is 21.0. The van der Waals surface area contributed by atoms with E-state index in [1.165, 1.54) is 28.7 Å². The highest BCUT2D eigenvalue weighted by Crippen LogP contribution is 2.34. The number of halogens is 1. The van der Waals surface area contributed by atoms with Gasteiger partial charge in [-0.1, -0.05) is 35.6 Å². The number of carbonyl (C=O) groups excluding carboxylic acids is 1. The summed E-state index contributed by atoms with van der Waals surface area (Å²) >= 11 is 2.51. The maximum absolute atomic E-state index is 14.5. The van der Waals surface area contributed by atoms with Crippen LogP contribution in [0.5, 0.6) is 5.75 Å². The fourth-order valence-corrected chi connectivity index (χ4v) is 4.37. The maximum atomic E-state index is 14.5. The van der Waals surface area contributed by atoms with E-state index in [-0.39, 0.29) is 18.3 Å². The Kier molecular flexibility index (Phi) is 4.83. The van der Waals surface area contributed by atoms with Crippen molar-refractivity contribution in [1.82, 2.24) is 10.2 Å². The molecular weight excluding hydrogens is 385 g/mol. The number of thiophene rings is 1. The lowest BCUT2D eigenvalue weighted by Gasteiger charge is -2.08. The first kappa shape index (κ1) is 17.6. The van der Waals surface area contributed by atoms with Crippen LogP contribution in [0.15, 0.2) is 48.5 Å². The van der Waals surface area contributed by atoms with Crippen LogP contribution in [0.1, 0.15) is 20.2 Å². The summed E-state index contributed by atoms with van der Waals surface area (Å²) in [6, 6.07) is 14.0. The Morgan fingerprint density at radius 1 is 1.11 bits per heavy atom. The molecule has 2 aromatic carbocycles. The number of aromatic nitrogens is 2. The molecule has 0 aliphatic carbocycles. The van der Waals surface area contributed by atoms with Crippen molar-refractivity contribution in [2.24, 2.45) is 0 Å². The van der Waals surface area contributed by atoms with Crippen LogP contribution in [-0.2, 0) is 6.61 Å². The van der Waals surface area contributed by atoms with E-state index < -0.39 is 0 Å². The number of nitrogens with zero attached hydrogens (tertiary/aromatic N) is 2. The van der Waals surface area contributed by atoms with Gasteiger partial charge in [-0.05, 0) is 31.2 Å².